The van der Waals surface area contributed by atoms with E-state index < -0.39 is 11.9 Å². The highest BCUT2D eigenvalue weighted by atomic mass is 32.2. The second kappa shape index (κ2) is 8.95. The van der Waals surface area contributed by atoms with Gasteiger partial charge in [-0.25, -0.2) is 4.79 Å². The Hall–Kier alpha value is -1.34. The third-order valence-corrected chi connectivity index (χ3v) is 6.04. The lowest BCUT2D eigenvalue weighted by Crippen LogP contribution is -2.41. The first-order chi connectivity index (χ1) is 10.7. The molecule has 2 rings (SSSR count). The minimum atomic E-state index is -0.485. The zero-order valence-electron chi connectivity index (χ0n) is 12.5. The lowest BCUT2D eigenvalue weighted by molar-refractivity contribution is -0.122. The summed E-state index contributed by atoms with van der Waals surface area (Å²) < 4.78 is 5.88. The molecule has 2 N–H and O–H groups in total. The standard InChI is InChI=1S/C15H20N2O3S2/c1-2-7-16-15(19)17-13(18)10-20-12-5-3-11(4-6-12)14-21-8-9-22-14/h3-6,14H,2,7-10H2,1H3,(H2,16,17,18,19). The molecule has 0 spiro atoms. The number of carbonyl (C=O) groups excluding carboxylic acids is 2. The van der Waals surface area contributed by atoms with Gasteiger partial charge in [-0.2, -0.15) is 0 Å². The molecular weight excluding hydrogens is 320 g/mol. The molecule has 1 aromatic carbocycles. The second-order valence-electron chi connectivity index (χ2n) is 4.74. The number of ether oxygens (including phenoxy) is 1. The van der Waals surface area contributed by atoms with Crippen LogP contribution in [0.25, 0.3) is 0 Å². The number of imide groups is 1. The number of benzene rings is 1. The van der Waals surface area contributed by atoms with E-state index in [4.69, 9.17) is 4.74 Å². The molecule has 3 amide bonds. The topological polar surface area (TPSA) is 67.4 Å². The number of hydrogen-bond donors (Lipinski definition) is 2. The van der Waals surface area contributed by atoms with Crippen molar-refractivity contribution in [2.45, 2.75) is 17.9 Å². The first kappa shape index (κ1) is 17.0. The average molecular weight is 340 g/mol. The molecule has 1 fully saturated rings. The number of rotatable bonds is 6. The van der Waals surface area contributed by atoms with Crippen molar-refractivity contribution in [1.29, 1.82) is 0 Å². The number of amides is 3. The van der Waals surface area contributed by atoms with Gasteiger partial charge in [-0.1, -0.05) is 19.1 Å². The highest BCUT2D eigenvalue weighted by Crippen LogP contribution is 2.45. The van der Waals surface area contributed by atoms with Gasteiger partial charge in [-0.15, -0.1) is 23.5 Å². The Morgan fingerprint density at radius 2 is 1.91 bits per heavy atom. The molecule has 1 aromatic rings. The van der Waals surface area contributed by atoms with Crippen molar-refractivity contribution < 1.29 is 14.3 Å². The van der Waals surface area contributed by atoms with Crippen LogP contribution in [-0.4, -0.2) is 36.6 Å². The lowest BCUT2D eigenvalue weighted by Gasteiger charge is -2.10. The Morgan fingerprint density at radius 1 is 1.23 bits per heavy atom. The Bertz CT molecular complexity index is 502. The van der Waals surface area contributed by atoms with Crippen molar-refractivity contribution in [3.8, 4) is 5.75 Å². The van der Waals surface area contributed by atoms with E-state index in [2.05, 4.69) is 10.6 Å². The molecular formula is C15H20N2O3S2. The summed E-state index contributed by atoms with van der Waals surface area (Å²) >= 11 is 3.89. The highest BCUT2D eigenvalue weighted by Gasteiger charge is 2.18. The van der Waals surface area contributed by atoms with Gasteiger partial charge in [0.15, 0.2) is 6.61 Å². The van der Waals surface area contributed by atoms with Gasteiger partial charge in [0.2, 0.25) is 0 Å². The van der Waals surface area contributed by atoms with E-state index in [0.717, 1.165) is 6.42 Å². The zero-order chi connectivity index (χ0) is 15.8. The molecule has 0 radical (unpaired) electrons. The molecule has 0 atom stereocenters. The van der Waals surface area contributed by atoms with Crippen LogP contribution in [0, 0.1) is 0 Å². The van der Waals surface area contributed by atoms with Gasteiger partial charge < -0.3 is 10.1 Å². The maximum absolute atomic E-state index is 11.6. The molecule has 1 aliphatic heterocycles. The second-order valence-corrected chi connectivity index (χ2v) is 7.46. The molecule has 0 aromatic heterocycles. The number of nitrogens with one attached hydrogen (secondary N) is 2. The molecule has 22 heavy (non-hydrogen) atoms. The van der Waals surface area contributed by atoms with Crippen molar-refractivity contribution in [3.05, 3.63) is 29.8 Å². The molecule has 0 saturated carbocycles. The summed E-state index contributed by atoms with van der Waals surface area (Å²) in [7, 11) is 0. The van der Waals surface area contributed by atoms with Gasteiger partial charge in [0.05, 0.1) is 4.58 Å². The largest absolute Gasteiger partial charge is 0.484 e. The van der Waals surface area contributed by atoms with Gasteiger partial charge in [-0.05, 0) is 24.1 Å². The summed E-state index contributed by atoms with van der Waals surface area (Å²) in [5.74, 6) is 2.54. The van der Waals surface area contributed by atoms with Crippen LogP contribution < -0.4 is 15.4 Å². The summed E-state index contributed by atoms with van der Waals surface area (Å²) in [6, 6.07) is 7.29. The Balaban J connectivity index is 1.74. The molecule has 1 saturated heterocycles. The maximum atomic E-state index is 11.6. The predicted octanol–water partition coefficient (Wildman–Crippen LogP) is 2.78. The first-order valence-corrected chi connectivity index (χ1v) is 9.32. The number of thioether (sulfide) groups is 2. The summed E-state index contributed by atoms with van der Waals surface area (Å²) in [6.07, 6.45) is 0.821. The SMILES string of the molecule is CCCNC(=O)NC(=O)COc1ccc(C2SCCS2)cc1. The number of carbonyl (C=O) groups is 2. The Labute approximate surface area is 138 Å². The molecule has 5 nitrogen and oxygen atoms in total. The molecule has 0 bridgehead atoms. The minimum absolute atomic E-state index is 0.175. The van der Waals surface area contributed by atoms with E-state index in [1.165, 1.54) is 17.1 Å². The van der Waals surface area contributed by atoms with Gasteiger partial charge in [0, 0.05) is 18.1 Å². The summed E-state index contributed by atoms with van der Waals surface area (Å²) in [6.45, 7) is 2.31. The van der Waals surface area contributed by atoms with Crippen LogP contribution in [0.2, 0.25) is 0 Å². The third kappa shape index (κ3) is 5.46. The smallest absolute Gasteiger partial charge is 0.321 e. The first-order valence-electron chi connectivity index (χ1n) is 7.22. The predicted molar refractivity (Wildman–Crippen MR) is 91.4 cm³/mol. The maximum Gasteiger partial charge on any atom is 0.321 e. The zero-order valence-corrected chi connectivity index (χ0v) is 14.1. The Morgan fingerprint density at radius 3 is 2.55 bits per heavy atom. The number of hydrogen-bond acceptors (Lipinski definition) is 5. The molecule has 7 heteroatoms. The van der Waals surface area contributed by atoms with Crippen molar-refractivity contribution in [3.63, 3.8) is 0 Å². The van der Waals surface area contributed by atoms with Crippen molar-refractivity contribution in [2.75, 3.05) is 24.7 Å². The third-order valence-electron chi connectivity index (χ3n) is 2.93. The summed E-state index contributed by atoms with van der Waals surface area (Å²) in [5, 5.41) is 4.79. The van der Waals surface area contributed by atoms with E-state index >= 15 is 0 Å². The van der Waals surface area contributed by atoms with Gasteiger partial charge in [0.25, 0.3) is 5.91 Å². The average Bonchev–Trinajstić information content (AvgIpc) is 3.06. The molecule has 1 aliphatic rings. The van der Waals surface area contributed by atoms with Crippen LogP contribution in [0.4, 0.5) is 4.79 Å². The van der Waals surface area contributed by atoms with E-state index in [1.807, 2.05) is 54.7 Å². The van der Waals surface area contributed by atoms with Crippen LogP contribution in [0.5, 0.6) is 5.75 Å². The van der Waals surface area contributed by atoms with E-state index in [9.17, 15) is 9.59 Å². The molecule has 0 unspecified atom stereocenters. The number of urea groups is 1. The molecule has 120 valence electrons. The van der Waals surface area contributed by atoms with Crippen molar-refractivity contribution in [2.24, 2.45) is 0 Å². The van der Waals surface area contributed by atoms with Gasteiger partial charge >= 0.3 is 6.03 Å². The quantitative estimate of drug-likeness (QED) is 0.833. The van der Waals surface area contributed by atoms with E-state index in [1.54, 1.807) is 0 Å². The van der Waals surface area contributed by atoms with Crippen LogP contribution in [0.15, 0.2) is 24.3 Å². The fraction of sp³-hybridized carbons (Fsp3) is 0.467. The van der Waals surface area contributed by atoms with Crippen molar-refractivity contribution in [1.82, 2.24) is 10.6 Å². The van der Waals surface area contributed by atoms with Crippen molar-refractivity contribution >= 4 is 35.5 Å². The minimum Gasteiger partial charge on any atom is -0.484 e. The van der Waals surface area contributed by atoms with E-state index in [0.29, 0.717) is 16.9 Å². The molecule has 1 heterocycles. The highest BCUT2D eigenvalue weighted by molar-refractivity contribution is 8.19. The fourth-order valence-corrected chi connectivity index (χ4v) is 4.73. The summed E-state index contributed by atoms with van der Waals surface area (Å²) in [4.78, 5) is 22.9. The lowest BCUT2D eigenvalue weighted by atomic mass is 10.2. The Kier molecular flexibility index (Phi) is 6.92. The monoisotopic (exact) mass is 340 g/mol. The van der Waals surface area contributed by atoms with Gasteiger partial charge in [-0.3, -0.25) is 10.1 Å². The molecule has 0 aliphatic carbocycles. The van der Waals surface area contributed by atoms with Crippen LogP contribution >= 0.6 is 23.5 Å². The van der Waals surface area contributed by atoms with Crippen LogP contribution in [-0.2, 0) is 4.79 Å². The van der Waals surface area contributed by atoms with E-state index in [-0.39, 0.29) is 6.61 Å². The van der Waals surface area contributed by atoms with Gasteiger partial charge in [0.1, 0.15) is 5.75 Å². The van der Waals surface area contributed by atoms with Crippen LogP contribution in [0.3, 0.4) is 0 Å². The normalized spacial score (nSPS) is 14.6. The fourth-order valence-electron chi connectivity index (χ4n) is 1.87. The van der Waals surface area contributed by atoms with Crippen LogP contribution in [0.1, 0.15) is 23.5 Å². The summed E-state index contributed by atoms with van der Waals surface area (Å²) in [5.41, 5.74) is 1.27.